The van der Waals surface area contributed by atoms with Crippen LogP contribution in [0.4, 0.5) is 15.8 Å². The lowest BCUT2D eigenvalue weighted by Crippen LogP contribution is -2.30. The molecule has 1 unspecified atom stereocenters. The van der Waals surface area contributed by atoms with Gasteiger partial charge in [-0.05, 0) is 84.3 Å². The molecule has 8 heteroatoms. The van der Waals surface area contributed by atoms with Crippen LogP contribution in [-0.2, 0) is 9.59 Å². The Labute approximate surface area is 265 Å². The van der Waals surface area contributed by atoms with Gasteiger partial charge in [0.2, 0.25) is 5.91 Å². The van der Waals surface area contributed by atoms with Crippen LogP contribution in [-0.4, -0.2) is 17.7 Å². The highest BCUT2D eigenvalue weighted by Gasteiger charge is 2.23. The zero-order valence-electron chi connectivity index (χ0n) is 24.4. The van der Waals surface area contributed by atoms with Crippen molar-refractivity contribution >= 4 is 46.9 Å². The smallest absolute Gasteiger partial charge is 0.272 e. The molecule has 3 N–H and O–H groups in total. The van der Waals surface area contributed by atoms with E-state index >= 15 is 0 Å². The van der Waals surface area contributed by atoms with Crippen LogP contribution in [0.15, 0.2) is 144 Å². The molecule has 6 nitrogen and oxygen atoms in total. The first-order valence-electron chi connectivity index (χ1n) is 14.2. The average Bonchev–Trinajstić information content (AvgIpc) is 3.06. The zero-order chi connectivity index (χ0) is 31.6. The van der Waals surface area contributed by atoms with E-state index in [0.29, 0.717) is 16.9 Å². The summed E-state index contributed by atoms with van der Waals surface area (Å²) in [6, 6.07) is 38.3. The first-order valence-corrected chi connectivity index (χ1v) is 15.1. The van der Waals surface area contributed by atoms with Gasteiger partial charge in [0.25, 0.3) is 11.8 Å². The van der Waals surface area contributed by atoms with Crippen LogP contribution in [0, 0.1) is 12.7 Å². The monoisotopic (exact) mass is 615 g/mol. The number of carbonyl (C=O) groups excluding carboxylic acids is 3. The molecule has 1 atom stereocenters. The zero-order valence-corrected chi connectivity index (χ0v) is 25.2. The molecule has 0 aliphatic heterocycles. The Bertz CT molecular complexity index is 1830. The van der Waals surface area contributed by atoms with Crippen LogP contribution in [0.25, 0.3) is 6.08 Å². The second-order valence-electron chi connectivity index (χ2n) is 10.1. The van der Waals surface area contributed by atoms with E-state index in [0.717, 1.165) is 21.6 Å². The van der Waals surface area contributed by atoms with Crippen molar-refractivity contribution in [3.8, 4) is 0 Å². The van der Waals surface area contributed by atoms with Crippen LogP contribution in [0.2, 0.25) is 0 Å². The first kappa shape index (κ1) is 31.0. The van der Waals surface area contributed by atoms with Crippen molar-refractivity contribution in [2.45, 2.75) is 17.1 Å². The minimum absolute atomic E-state index is 0.0806. The van der Waals surface area contributed by atoms with Gasteiger partial charge in [-0.3, -0.25) is 14.4 Å². The van der Waals surface area contributed by atoms with E-state index in [9.17, 15) is 18.8 Å². The number of benzene rings is 5. The summed E-state index contributed by atoms with van der Waals surface area (Å²) < 4.78 is 13.4. The van der Waals surface area contributed by atoms with Gasteiger partial charge in [0.15, 0.2) is 0 Å². The largest absolute Gasteiger partial charge is 0.325 e. The summed E-state index contributed by atoms with van der Waals surface area (Å²) in [6.45, 7) is 1.93. The minimum atomic E-state index is -0.635. The topological polar surface area (TPSA) is 87.3 Å². The van der Waals surface area contributed by atoms with Crippen LogP contribution in [0.3, 0.4) is 0 Å². The van der Waals surface area contributed by atoms with Gasteiger partial charge >= 0.3 is 0 Å². The Balaban J connectivity index is 1.38. The molecular weight excluding hydrogens is 585 g/mol. The highest BCUT2D eigenvalue weighted by atomic mass is 32.2. The summed E-state index contributed by atoms with van der Waals surface area (Å²) in [6.07, 6.45) is 1.65. The number of anilines is 2. The number of hydrogen-bond donors (Lipinski definition) is 3. The third-order valence-corrected chi connectivity index (χ3v) is 8.06. The van der Waals surface area contributed by atoms with Crippen molar-refractivity contribution in [1.29, 1.82) is 0 Å². The van der Waals surface area contributed by atoms with Crippen molar-refractivity contribution < 1.29 is 18.8 Å². The molecule has 45 heavy (non-hydrogen) atoms. The molecule has 0 saturated carbocycles. The Kier molecular flexibility index (Phi) is 10.2. The molecular formula is C37H30FN3O3S. The SMILES string of the molecule is Cc1ccccc1/C=C(\NC(=O)c1ccccc1)C(=O)Nc1cccc(SC(C(=O)Nc2ccc(F)cc2)c2ccccc2)c1. The van der Waals surface area contributed by atoms with E-state index in [1.54, 1.807) is 48.5 Å². The second kappa shape index (κ2) is 14.8. The summed E-state index contributed by atoms with van der Waals surface area (Å²) in [5, 5.41) is 7.89. The lowest BCUT2D eigenvalue weighted by atomic mass is 10.1. The maximum absolute atomic E-state index is 13.6. The van der Waals surface area contributed by atoms with Gasteiger partial charge in [-0.25, -0.2) is 4.39 Å². The molecule has 3 amide bonds. The van der Waals surface area contributed by atoms with Gasteiger partial charge in [-0.1, -0.05) is 78.9 Å². The number of hydrogen-bond acceptors (Lipinski definition) is 4. The van der Waals surface area contributed by atoms with Crippen molar-refractivity contribution in [1.82, 2.24) is 5.32 Å². The van der Waals surface area contributed by atoms with E-state index in [-0.39, 0.29) is 11.6 Å². The Hall–Kier alpha value is -5.47. The summed E-state index contributed by atoms with van der Waals surface area (Å²) in [5.74, 6) is -1.58. The third-order valence-electron chi connectivity index (χ3n) is 6.82. The fourth-order valence-electron chi connectivity index (χ4n) is 4.47. The predicted octanol–water partition coefficient (Wildman–Crippen LogP) is 8.02. The number of halogens is 1. The summed E-state index contributed by atoms with van der Waals surface area (Å²) >= 11 is 1.31. The summed E-state index contributed by atoms with van der Waals surface area (Å²) in [4.78, 5) is 40.8. The molecule has 0 fully saturated rings. The molecule has 0 aliphatic carbocycles. The van der Waals surface area contributed by atoms with Gasteiger partial charge in [-0.2, -0.15) is 0 Å². The van der Waals surface area contributed by atoms with Crippen LogP contribution in [0.1, 0.15) is 32.3 Å². The first-order chi connectivity index (χ1) is 21.9. The molecule has 0 heterocycles. The van der Waals surface area contributed by atoms with Gasteiger partial charge in [-0.15, -0.1) is 11.8 Å². The Morgan fingerprint density at radius 2 is 1.38 bits per heavy atom. The van der Waals surface area contributed by atoms with E-state index in [4.69, 9.17) is 0 Å². The Morgan fingerprint density at radius 3 is 2.09 bits per heavy atom. The third kappa shape index (κ3) is 8.55. The highest BCUT2D eigenvalue weighted by Crippen LogP contribution is 2.37. The van der Waals surface area contributed by atoms with Crippen LogP contribution >= 0.6 is 11.8 Å². The fourth-order valence-corrected chi connectivity index (χ4v) is 5.55. The van der Waals surface area contributed by atoms with Gasteiger partial charge in [0, 0.05) is 21.8 Å². The molecule has 224 valence electrons. The molecule has 5 aromatic carbocycles. The molecule has 0 spiro atoms. The van der Waals surface area contributed by atoms with E-state index in [1.807, 2.05) is 73.7 Å². The van der Waals surface area contributed by atoms with Gasteiger partial charge in [0.1, 0.15) is 16.8 Å². The minimum Gasteiger partial charge on any atom is -0.325 e. The van der Waals surface area contributed by atoms with Crippen LogP contribution < -0.4 is 16.0 Å². The number of rotatable bonds is 10. The van der Waals surface area contributed by atoms with Crippen molar-refractivity contribution in [3.63, 3.8) is 0 Å². The van der Waals surface area contributed by atoms with Crippen molar-refractivity contribution in [2.75, 3.05) is 10.6 Å². The predicted molar refractivity (Wildman–Crippen MR) is 178 cm³/mol. The molecule has 5 rings (SSSR count). The van der Waals surface area contributed by atoms with E-state index in [2.05, 4.69) is 16.0 Å². The van der Waals surface area contributed by atoms with E-state index < -0.39 is 22.9 Å². The average molecular weight is 616 g/mol. The second-order valence-corrected chi connectivity index (χ2v) is 11.3. The lowest BCUT2D eigenvalue weighted by Gasteiger charge is -2.18. The number of carbonyl (C=O) groups is 3. The standard InChI is InChI=1S/C37H30FN3O3S/c1-25-11-8-9-16-28(25)23-33(41-35(42)27-14-6-3-7-15-27)36(43)40-31-17-10-18-32(24-31)45-34(26-12-4-2-5-13-26)37(44)39-30-21-19-29(38)20-22-30/h2-24,34H,1H3,(H,39,44)(H,40,43)(H,41,42)/b33-23-. The maximum atomic E-state index is 13.6. The number of thioether (sulfide) groups is 1. The number of amides is 3. The maximum Gasteiger partial charge on any atom is 0.272 e. The molecule has 0 radical (unpaired) electrons. The van der Waals surface area contributed by atoms with Gasteiger partial charge < -0.3 is 16.0 Å². The lowest BCUT2D eigenvalue weighted by molar-refractivity contribution is -0.116. The van der Waals surface area contributed by atoms with Crippen LogP contribution in [0.5, 0.6) is 0 Å². The highest BCUT2D eigenvalue weighted by molar-refractivity contribution is 8.00. The number of nitrogens with one attached hydrogen (secondary N) is 3. The molecule has 0 aliphatic rings. The molecule has 0 aromatic heterocycles. The summed E-state index contributed by atoms with van der Waals surface area (Å²) in [7, 11) is 0. The molecule has 0 bridgehead atoms. The van der Waals surface area contributed by atoms with Crippen molar-refractivity contribution in [3.05, 3.63) is 167 Å². The molecule has 5 aromatic rings. The van der Waals surface area contributed by atoms with Gasteiger partial charge in [0.05, 0.1) is 0 Å². The molecule has 0 saturated heterocycles. The normalized spacial score (nSPS) is 11.7. The fraction of sp³-hybridized carbons (Fsp3) is 0.0541. The summed E-state index contributed by atoms with van der Waals surface area (Å²) in [5.41, 5.74) is 3.99. The quantitative estimate of drug-likeness (QED) is 0.110. The number of aryl methyl sites for hydroxylation is 1. The Morgan fingerprint density at radius 1 is 0.711 bits per heavy atom. The van der Waals surface area contributed by atoms with E-state index in [1.165, 1.54) is 36.0 Å². The van der Waals surface area contributed by atoms with Crippen molar-refractivity contribution in [2.24, 2.45) is 0 Å².